The molecule has 4 N–H and O–H groups in total. The predicted octanol–water partition coefficient (Wildman–Crippen LogP) is -2.01. The van der Waals surface area contributed by atoms with Gasteiger partial charge in [-0.2, -0.15) is 0 Å². The van der Waals surface area contributed by atoms with Crippen LogP contribution in [0.3, 0.4) is 0 Å². The second-order valence-electron chi connectivity index (χ2n) is 1.72. The highest BCUT2D eigenvalue weighted by Crippen LogP contribution is 1.77. The smallest absolute Gasteiger partial charge is 0.251 e. The normalized spacial score (nSPS) is 29.6. The lowest BCUT2D eigenvalue weighted by Crippen LogP contribution is -2.57. The first-order chi connectivity index (χ1) is 3.80. The number of carbonyl (C=O) groups excluding carboxylic acids is 1. The van der Waals surface area contributed by atoms with Crippen molar-refractivity contribution in [2.45, 2.75) is 6.17 Å². The monoisotopic (exact) mass is 115 g/mol. The molecule has 4 heteroatoms. The van der Waals surface area contributed by atoms with Crippen molar-refractivity contribution in [1.29, 1.82) is 0 Å². The molecule has 0 saturated carbocycles. The van der Waals surface area contributed by atoms with Crippen molar-refractivity contribution in [3.63, 3.8) is 0 Å². The zero-order chi connectivity index (χ0) is 5.98. The van der Waals surface area contributed by atoms with Gasteiger partial charge in [-0.25, -0.2) is 0 Å². The van der Waals surface area contributed by atoms with E-state index in [4.69, 9.17) is 5.73 Å². The molecule has 1 unspecified atom stereocenters. The Morgan fingerprint density at radius 2 is 2.38 bits per heavy atom. The van der Waals surface area contributed by atoms with Crippen molar-refractivity contribution in [2.75, 3.05) is 13.1 Å². The second kappa shape index (κ2) is 2.11. The van der Waals surface area contributed by atoms with Gasteiger partial charge in [-0.1, -0.05) is 0 Å². The van der Waals surface area contributed by atoms with E-state index >= 15 is 0 Å². The van der Waals surface area contributed by atoms with Crippen LogP contribution in [0.25, 0.3) is 0 Å². The highest BCUT2D eigenvalue weighted by atomic mass is 16.2. The van der Waals surface area contributed by atoms with Crippen LogP contribution in [-0.2, 0) is 4.79 Å². The summed E-state index contributed by atoms with van der Waals surface area (Å²) in [7, 11) is 0. The van der Waals surface area contributed by atoms with Crippen molar-refractivity contribution in [1.82, 2.24) is 10.6 Å². The van der Waals surface area contributed by atoms with Crippen molar-refractivity contribution in [3.05, 3.63) is 0 Å². The van der Waals surface area contributed by atoms with Crippen LogP contribution in [0.15, 0.2) is 0 Å². The molecule has 0 radical (unpaired) electrons. The van der Waals surface area contributed by atoms with Gasteiger partial charge in [-0.15, -0.1) is 0 Å². The number of nitrogens with one attached hydrogen (secondary N) is 2. The molecule has 0 spiro atoms. The molecule has 1 saturated heterocycles. The molecule has 0 bridgehead atoms. The number of hydrogen-bond acceptors (Lipinski definition) is 3. The van der Waals surface area contributed by atoms with Crippen LogP contribution in [0, 0.1) is 0 Å². The molecule has 1 heterocycles. The minimum Gasteiger partial charge on any atom is -0.352 e. The van der Waals surface area contributed by atoms with E-state index in [1.54, 1.807) is 0 Å². The molecule has 1 atom stereocenters. The summed E-state index contributed by atoms with van der Waals surface area (Å²) in [4.78, 5) is 10.5. The zero-order valence-corrected chi connectivity index (χ0v) is 4.48. The number of carbonyl (C=O) groups is 1. The highest BCUT2D eigenvalue weighted by Gasteiger charge is 2.14. The molecule has 4 nitrogen and oxygen atoms in total. The highest BCUT2D eigenvalue weighted by molar-refractivity contribution is 5.81. The Kier molecular flexibility index (Phi) is 1.45. The molecular weight excluding hydrogens is 106 g/mol. The lowest BCUT2D eigenvalue weighted by molar-refractivity contribution is -0.124. The maximum absolute atomic E-state index is 10.5. The Balaban J connectivity index is 2.39. The molecule has 0 aliphatic carbocycles. The SMILES string of the molecule is NC1NCCNC1=O. The molecule has 1 amide bonds. The summed E-state index contributed by atoms with van der Waals surface area (Å²) in [6.07, 6.45) is -0.497. The third-order valence-electron chi connectivity index (χ3n) is 1.07. The van der Waals surface area contributed by atoms with Gasteiger partial charge in [-0.05, 0) is 0 Å². The molecule has 1 aliphatic rings. The molecule has 0 aromatic rings. The average molecular weight is 115 g/mol. The van der Waals surface area contributed by atoms with Gasteiger partial charge in [0.05, 0.1) is 0 Å². The van der Waals surface area contributed by atoms with Gasteiger partial charge in [0.15, 0.2) is 0 Å². The first-order valence-corrected chi connectivity index (χ1v) is 2.57. The largest absolute Gasteiger partial charge is 0.352 e. The van der Waals surface area contributed by atoms with Gasteiger partial charge in [0.25, 0.3) is 5.91 Å². The molecule has 1 rings (SSSR count). The molecule has 8 heavy (non-hydrogen) atoms. The molecular formula is C4H9N3O. The first kappa shape index (κ1) is 5.53. The maximum Gasteiger partial charge on any atom is 0.251 e. The summed E-state index contributed by atoms with van der Waals surface area (Å²) in [5, 5.41) is 5.40. The van der Waals surface area contributed by atoms with Crippen LogP contribution < -0.4 is 16.4 Å². The van der Waals surface area contributed by atoms with Crippen LogP contribution in [-0.4, -0.2) is 25.2 Å². The minimum atomic E-state index is -0.497. The molecule has 1 fully saturated rings. The zero-order valence-electron chi connectivity index (χ0n) is 4.48. The predicted molar refractivity (Wildman–Crippen MR) is 29.0 cm³/mol. The Bertz CT molecular complexity index is 103. The fraction of sp³-hybridized carbons (Fsp3) is 0.750. The number of rotatable bonds is 0. The summed E-state index contributed by atoms with van der Waals surface area (Å²) < 4.78 is 0. The quantitative estimate of drug-likeness (QED) is 0.342. The van der Waals surface area contributed by atoms with Crippen molar-refractivity contribution < 1.29 is 4.79 Å². The van der Waals surface area contributed by atoms with E-state index in [-0.39, 0.29) is 5.91 Å². The van der Waals surface area contributed by atoms with Crippen LogP contribution in [0.1, 0.15) is 0 Å². The topological polar surface area (TPSA) is 67.2 Å². The molecule has 46 valence electrons. The van der Waals surface area contributed by atoms with E-state index in [9.17, 15) is 4.79 Å². The number of amides is 1. The summed E-state index contributed by atoms with van der Waals surface area (Å²) in [6, 6.07) is 0. The van der Waals surface area contributed by atoms with E-state index in [0.717, 1.165) is 6.54 Å². The van der Waals surface area contributed by atoms with E-state index < -0.39 is 6.17 Å². The summed E-state index contributed by atoms with van der Waals surface area (Å²) in [5.41, 5.74) is 5.26. The third kappa shape index (κ3) is 0.962. The van der Waals surface area contributed by atoms with Gasteiger partial charge in [-0.3, -0.25) is 10.1 Å². The van der Waals surface area contributed by atoms with Gasteiger partial charge in [0.2, 0.25) is 0 Å². The van der Waals surface area contributed by atoms with E-state index in [1.807, 2.05) is 0 Å². The summed E-state index contributed by atoms with van der Waals surface area (Å²) in [5.74, 6) is -0.115. The lowest BCUT2D eigenvalue weighted by Gasteiger charge is -2.18. The molecule has 1 aliphatic heterocycles. The fourth-order valence-electron chi connectivity index (χ4n) is 0.616. The maximum atomic E-state index is 10.5. The molecule has 0 aromatic heterocycles. The molecule has 0 aromatic carbocycles. The standard InChI is InChI=1S/C4H9N3O/c5-3-4(8)7-2-1-6-3/h3,6H,1-2,5H2,(H,7,8). The number of hydrogen-bond donors (Lipinski definition) is 3. The number of piperazine rings is 1. The lowest BCUT2D eigenvalue weighted by atomic mass is 10.4. The van der Waals surface area contributed by atoms with E-state index in [2.05, 4.69) is 10.6 Å². The fourth-order valence-corrected chi connectivity index (χ4v) is 0.616. The van der Waals surface area contributed by atoms with Crippen LogP contribution in [0.4, 0.5) is 0 Å². The summed E-state index contributed by atoms with van der Waals surface area (Å²) >= 11 is 0. The van der Waals surface area contributed by atoms with Gasteiger partial charge in [0, 0.05) is 13.1 Å². The Morgan fingerprint density at radius 3 is 2.75 bits per heavy atom. The number of nitrogens with two attached hydrogens (primary N) is 1. The second-order valence-corrected chi connectivity index (χ2v) is 1.72. The Morgan fingerprint density at radius 1 is 1.62 bits per heavy atom. The average Bonchev–Trinajstić information content (AvgIpc) is 1.77. The van der Waals surface area contributed by atoms with Gasteiger partial charge >= 0.3 is 0 Å². The van der Waals surface area contributed by atoms with E-state index in [0.29, 0.717) is 6.54 Å². The van der Waals surface area contributed by atoms with Crippen molar-refractivity contribution in [3.8, 4) is 0 Å². The van der Waals surface area contributed by atoms with Gasteiger partial charge in [0.1, 0.15) is 6.17 Å². The van der Waals surface area contributed by atoms with Crippen LogP contribution >= 0.6 is 0 Å². The first-order valence-electron chi connectivity index (χ1n) is 2.57. The van der Waals surface area contributed by atoms with Crippen LogP contribution in [0.5, 0.6) is 0 Å². The Hall–Kier alpha value is -0.610. The Labute approximate surface area is 47.4 Å². The van der Waals surface area contributed by atoms with E-state index in [1.165, 1.54) is 0 Å². The third-order valence-corrected chi connectivity index (χ3v) is 1.07. The van der Waals surface area contributed by atoms with Gasteiger partial charge < -0.3 is 11.1 Å². The van der Waals surface area contributed by atoms with Crippen molar-refractivity contribution >= 4 is 5.91 Å². The minimum absolute atomic E-state index is 0.115. The van der Waals surface area contributed by atoms with Crippen molar-refractivity contribution in [2.24, 2.45) is 5.73 Å². The van der Waals surface area contributed by atoms with Crippen LogP contribution in [0.2, 0.25) is 0 Å². The summed E-state index contributed by atoms with van der Waals surface area (Å²) in [6.45, 7) is 1.46.